The quantitative estimate of drug-likeness (QED) is 0.567. The highest BCUT2D eigenvalue weighted by Gasteiger charge is 2.12. The number of methoxy groups -OCH3 is 1. The number of phenols is 1. The molecular formula is C21H26BrNO4. The van der Waals surface area contributed by atoms with Gasteiger partial charge in [0.2, 0.25) is 0 Å². The van der Waals surface area contributed by atoms with Crippen molar-refractivity contribution in [3.05, 3.63) is 58.1 Å². The summed E-state index contributed by atoms with van der Waals surface area (Å²) in [5.41, 5.74) is 2.20. The second-order valence-corrected chi connectivity index (χ2v) is 7.13. The Bertz CT molecular complexity index is 733. The van der Waals surface area contributed by atoms with Crippen LogP contribution in [0.25, 0.3) is 0 Å². The molecule has 0 saturated carbocycles. The maximum Gasteiger partial charge on any atom is 0.307 e. The Morgan fingerprint density at radius 2 is 1.81 bits per heavy atom. The fourth-order valence-electron chi connectivity index (χ4n) is 2.78. The first-order valence-corrected chi connectivity index (χ1v) is 9.79. The highest BCUT2D eigenvalue weighted by molar-refractivity contribution is 9.10. The highest BCUT2D eigenvalue weighted by Crippen LogP contribution is 2.26. The predicted octanol–water partition coefficient (Wildman–Crippen LogP) is 4.16. The molecule has 0 radical (unpaired) electrons. The zero-order valence-corrected chi connectivity index (χ0v) is 17.4. The van der Waals surface area contributed by atoms with Crippen LogP contribution in [-0.2, 0) is 22.5 Å². The van der Waals surface area contributed by atoms with Crippen molar-refractivity contribution in [2.24, 2.45) is 0 Å². The molecule has 0 bridgehead atoms. The number of aromatic hydroxyl groups is 1. The van der Waals surface area contributed by atoms with E-state index in [0.717, 1.165) is 23.0 Å². The van der Waals surface area contributed by atoms with Crippen LogP contribution in [0.5, 0.6) is 11.5 Å². The number of benzene rings is 2. The molecule has 0 amide bonds. The number of carbonyl (C=O) groups excluding carboxylic acids is 1. The Morgan fingerprint density at radius 3 is 2.44 bits per heavy atom. The van der Waals surface area contributed by atoms with Crippen molar-refractivity contribution < 1.29 is 19.4 Å². The van der Waals surface area contributed by atoms with Crippen LogP contribution in [0.2, 0.25) is 0 Å². The van der Waals surface area contributed by atoms with E-state index in [2.05, 4.69) is 33.0 Å². The van der Waals surface area contributed by atoms with Crippen LogP contribution in [-0.4, -0.2) is 42.8 Å². The summed E-state index contributed by atoms with van der Waals surface area (Å²) in [5.74, 6) is 0.378. The van der Waals surface area contributed by atoms with Gasteiger partial charge in [-0.25, -0.2) is 0 Å². The molecule has 0 saturated heterocycles. The molecule has 0 aliphatic rings. The lowest BCUT2D eigenvalue weighted by Gasteiger charge is -2.22. The van der Waals surface area contributed by atoms with E-state index in [4.69, 9.17) is 9.47 Å². The maximum atomic E-state index is 11.7. The molecule has 0 unspecified atom stereocenters. The lowest BCUT2D eigenvalue weighted by atomic mass is 10.1. The number of halogens is 1. The number of ether oxygens (including phenoxy) is 2. The van der Waals surface area contributed by atoms with Crippen molar-refractivity contribution in [2.45, 2.75) is 26.3 Å². The van der Waals surface area contributed by atoms with E-state index in [0.29, 0.717) is 31.9 Å². The molecule has 2 aromatic rings. The van der Waals surface area contributed by atoms with Gasteiger partial charge in [0.1, 0.15) is 0 Å². The van der Waals surface area contributed by atoms with E-state index in [9.17, 15) is 9.90 Å². The van der Waals surface area contributed by atoms with Crippen molar-refractivity contribution in [3.63, 3.8) is 0 Å². The first kappa shape index (κ1) is 21.3. The molecule has 2 rings (SSSR count). The average Bonchev–Trinajstić information content (AvgIpc) is 2.65. The third-order valence-electron chi connectivity index (χ3n) is 4.22. The minimum absolute atomic E-state index is 0.119. The van der Waals surface area contributed by atoms with Gasteiger partial charge < -0.3 is 14.6 Å². The molecule has 0 atom stereocenters. The van der Waals surface area contributed by atoms with Gasteiger partial charge in [0.25, 0.3) is 0 Å². The largest absolute Gasteiger partial charge is 0.504 e. The van der Waals surface area contributed by atoms with Gasteiger partial charge in [-0.05, 0) is 48.7 Å². The lowest BCUT2D eigenvalue weighted by Crippen LogP contribution is -2.28. The smallest absolute Gasteiger partial charge is 0.307 e. The molecule has 146 valence electrons. The third-order valence-corrected chi connectivity index (χ3v) is 4.75. The second-order valence-electron chi connectivity index (χ2n) is 6.21. The fourth-order valence-corrected chi connectivity index (χ4v) is 3.05. The Labute approximate surface area is 169 Å². The van der Waals surface area contributed by atoms with E-state index < -0.39 is 0 Å². The molecule has 0 spiro atoms. The molecule has 27 heavy (non-hydrogen) atoms. The maximum absolute atomic E-state index is 11.7. The van der Waals surface area contributed by atoms with E-state index in [1.807, 2.05) is 25.1 Å². The molecule has 6 heteroatoms. The standard InChI is InChI=1S/C21H26BrNO4/c1-3-27-21(25)11-13-23(12-10-16-4-7-18(22)8-5-16)15-17-6-9-20(26-2)19(24)14-17/h4-9,14,24H,3,10-13,15H2,1-2H3. The number of carbonyl (C=O) groups is 1. The first-order valence-electron chi connectivity index (χ1n) is 9.00. The van der Waals surface area contributed by atoms with Crippen LogP contribution in [0.1, 0.15) is 24.5 Å². The fraction of sp³-hybridized carbons (Fsp3) is 0.381. The molecule has 0 fully saturated rings. The van der Waals surface area contributed by atoms with Gasteiger partial charge in [-0.15, -0.1) is 0 Å². The predicted molar refractivity (Wildman–Crippen MR) is 109 cm³/mol. The van der Waals surface area contributed by atoms with Crippen LogP contribution >= 0.6 is 15.9 Å². The zero-order chi connectivity index (χ0) is 19.6. The molecule has 5 nitrogen and oxygen atoms in total. The summed E-state index contributed by atoms with van der Waals surface area (Å²) in [6.45, 7) is 4.23. The number of hydrogen-bond acceptors (Lipinski definition) is 5. The van der Waals surface area contributed by atoms with Gasteiger partial charge in [-0.2, -0.15) is 0 Å². The van der Waals surface area contributed by atoms with Crippen molar-refractivity contribution in [2.75, 3.05) is 26.8 Å². The normalized spacial score (nSPS) is 10.8. The second kappa shape index (κ2) is 10.9. The minimum atomic E-state index is -0.191. The number of rotatable bonds is 10. The Hall–Kier alpha value is -2.05. The summed E-state index contributed by atoms with van der Waals surface area (Å²) in [4.78, 5) is 13.9. The van der Waals surface area contributed by atoms with E-state index in [1.165, 1.54) is 12.7 Å². The van der Waals surface area contributed by atoms with Crippen molar-refractivity contribution in [3.8, 4) is 11.5 Å². The summed E-state index contributed by atoms with van der Waals surface area (Å²) < 4.78 is 11.2. The van der Waals surface area contributed by atoms with Crippen LogP contribution in [0.3, 0.4) is 0 Å². The summed E-state index contributed by atoms with van der Waals surface area (Å²) in [5, 5.41) is 10.0. The van der Waals surface area contributed by atoms with Crippen molar-refractivity contribution in [1.82, 2.24) is 4.90 Å². The molecule has 0 aromatic heterocycles. The van der Waals surface area contributed by atoms with Gasteiger partial charge in [-0.3, -0.25) is 9.69 Å². The summed E-state index contributed by atoms with van der Waals surface area (Å²) >= 11 is 3.45. The molecule has 2 aromatic carbocycles. The summed E-state index contributed by atoms with van der Waals surface area (Å²) in [7, 11) is 1.53. The number of hydrogen-bond donors (Lipinski definition) is 1. The number of phenolic OH excluding ortho intramolecular Hbond substituents is 1. The highest BCUT2D eigenvalue weighted by atomic mass is 79.9. The van der Waals surface area contributed by atoms with E-state index >= 15 is 0 Å². The van der Waals surface area contributed by atoms with Crippen LogP contribution < -0.4 is 4.74 Å². The van der Waals surface area contributed by atoms with Gasteiger partial charge in [0, 0.05) is 24.1 Å². The van der Waals surface area contributed by atoms with Crippen LogP contribution in [0.15, 0.2) is 46.9 Å². The molecule has 1 N–H and O–H groups in total. The molecule has 0 heterocycles. The molecular weight excluding hydrogens is 410 g/mol. The van der Waals surface area contributed by atoms with Gasteiger partial charge in [0.15, 0.2) is 11.5 Å². The third kappa shape index (κ3) is 7.23. The van der Waals surface area contributed by atoms with Crippen molar-refractivity contribution in [1.29, 1.82) is 0 Å². The van der Waals surface area contributed by atoms with Crippen LogP contribution in [0.4, 0.5) is 0 Å². The van der Waals surface area contributed by atoms with Gasteiger partial charge >= 0.3 is 5.97 Å². The molecule has 0 aliphatic carbocycles. The summed E-state index contributed by atoms with van der Waals surface area (Å²) in [6.07, 6.45) is 1.22. The molecule has 0 aliphatic heterocycles. The Kier molecular flexibility index (Phi) is 8.61. The summed E-state index contributed by atoms with van der Waals surface area (Å²) in [6, 6.07) is 13.6. The van der Waals surface area contributed by atoms with Gasteiger partial charge in [0.05, 0.1) is 20.1 Å². The minimum Gasteiger partial charge on any atom is -0.504 e. The van der Waals surface area contributed by atoms with Crippen LogP contribution in [0, 0.1) is 0 Å². The number of esters is 1. The SMILES string of the molecule is CCOC(=O)CCN(CCc1ccc(Br)cc1)Cc1ccc(OC)c(O)c1. The van der Waals surface area contributed by atoms with Gasteiger partial charge in [-0.1, -0.05) is 34.1 Å². The average molecular weight is 436 g/mol. The Balaban J connectivity index is 2.02. The monoisotopic (exact) mass is 435 g/mol. The first-order chi connectivity index (χ1) is 13.0. The topological polar surface area (TPSA) is 59.0 Å². The van der Waals surface area contributed by atoms with Crippen molar-refractivity contribution >= 4 is 21.9 Å². The Morgan fingerprint density at radius 1 is 1.11 bits per heavy atom. The zero-order valence-electron chi connectivity index (χ0n) is 15.8. The number of nitrogens with zero attached hydrogens (tertiary/aromatic N) is 1. The van der Waals surface area contributed by atoms with E-state index in [-0.39, 0.29) is 11.7 Å². The van der Waals surface area contributed by atoms with E-state index in [1.54, 1.807) is 12.1 Å². The lowest BCUT2D eigenvalue weighted by molar-refractivity contribution is -0.143.